The van der Waals surface area contributed by atoms with Crippen LogP contribution in [-0.4, -0.2) is 12.0 Å². The van der Waals surface area contributed by atoms with Crippen molar-refractivity contribution in [1.29, 1.82) is 0 Å². The Kier molecular flexibility index (Phi) is 3.75. The van der Waals surface area contributed by atoms with Crippen LogP contribution >= 0.6 is 23.2 Å². The third-order valence-corrected chi connectivity index (χ3v) is 2.02. The number of carbonyl (C=O) groups excluding carboxylic acids is 1. The molecule has 3 nitrogen and oxygen atoms in total. The van der Waals surface area contributed by atoms with Gasteiger partial charge in [-0.1, -0.05) is 23.2 Å². The zero-order chi connectivity index (χ0) is 10.7. The Morgan fingerprint density at radius 2 is 2.14 bits per heavy atom. The van der Waals surface area contributed by atoms with Gasteiger partial charge in [0, 0.05) is 11.1 Å². The lowest BCUT2D eigenvalue weighted by Crippen LogP contribution is -2.30. The van der Waals surface area contributed by atoms with Gasteiger partial charge < -0.3 is 10.5 Å². The van der Waals surface area contributed by atoms with Crippen molar-refractivity contribution in [3.63, 3.8) is 0 Å². The summed E-state index contributed by atoms with van der Waals surface area (Å²) in [6, 6.07) is 3.93. The summed E-state index contributed by atoms with van der Waals surface area (Å²) in [6.45, 7) is 1.53. The van der Waals surface area contributed by atoms with Crippen LogP contribution in [0, 0.1) is 0 Å². The first-order valence-electron chi connectivity index (χ1n) is 3.93. The van der Waals surface area contributed by atoms with Gasteiger partial charge in [-0.25, -0.2) is 4.79 Å². The van der Waals surface area contributed by atoms with Gasteiger partial charge in [-0.3, -0.25) is 0 Å². The number of hydrogen-bond acceptors (Lipinski definition) is 3. The highest BCUT2D eigenvalue weighted by Gasteiger charge is 2.12. The Bertz CT molecular complexity index is 353. The topological polar surface area (TPSA) is 52.3 Å². The summed E-state index contributed by atoms with van der Waals surface area (Å²) in [5, 5.41) is 0.769. The van der Waals surface area contributed by atoms with E-state index in [1.54, 1.807) is 12.1 Å². The van der Waals surface area contributed by atoms with E-state index in [0.29, 0.717) is 10.0 Å². The molecule has 1 atom stereocenters. The molecule has 0 bridgehead atoms. The molecule has 0 heterocycles. The second-order valence-electron chi connectivity index (χ2n) is 2.78. The van der Waals surface area contributed by atoms with E-state index >= 15 is 0 Å². The van der Waals surface area contributed by atoms with Gasteiger partial charge in [0.25, 0.3) is 0 Å². The third-order valence-electron chi connectivity index (χ3n) is 1.48. The highest BCUT2D eigenvalue weighted by Crippen LogP contribution is 2.27. The minimum atomic E-state index is -0.690. The fourth-order valence-electron chi connectivity index (χ4n) is 0.757. The largest absolute Gasteiger partial charge is 0.424 e. The Labute approximate surface area is 91.7 Å². The number of nitrogens with two attached hydrogens (primary N) is 1. The van der Waals surface area contributed by atoms with E-state index in [-0.39, 0.29) is 5.75 Å². The second kappa shape index (κ2) is 4.64. The van der Waals surface area contributed by atoms with Crippen LogP contribution in [0.1, 0.15) is 6.92 Å². The molecule has 1 aromatic rings. The predicted octanol–water partition coefficient (Wildman–Crippen LogP) is 2.25. The lowest BCUT2D eigenvalue weighted by molar-refractivity contribution is -0.135. The van der Waals surface area contributed by atoms with Gasteiger partial charge in [0.1, 0.15) is 6.04 Å². The summed E-state index contributed by atoms with van der Waals surface area (Å²) in [5.74, 6) is -0.323. The monoisotopic (exact) mass is 233 g/mol. The number of halogens is 2. The van der Waals surface area contributed by atoms with E-state index in [1.807, 2.05) is 0 Å². The highest BCUT2D eigenvalue weighted by molar-refractivity contribution is 6.34. The standard InChI is InChI=1S/C9H9Cl2NO2/c1-5(12)9(13)14-8-4-6(10)2-3-7(8)11/h2-5H,12H2,1H3. The molecule has 2 N–H and O–H groups in total. The number of hydrogen-bond donors (Lipinski definition) is 1. The molecule has 76 valence electrons. The van der Waals surface area contributed by atoms with Crippen LogP contribution < -0.4 is 10.5 Å². The van der Waals surface area contributed by atoms with Crippen molar-refractivity contribution < 1.29 is 9.53 Å². The minimum Gasteiger partial charge on any atom is -0.424 e. The van der Waals surface area contributed by atoms with Crippen molar-refractivity contribution in [1.82, 2.24) is 0 Å². The molecule has 0 fully saturated rings. The van der Waals surface area contributed by atoms with E-state index in [2.05, 4.69) is 0 Å². The van der Waals surface area contributed by atoms with Crippen molar-refractivity contribution in [2.45, 2.75) is 13.0 Å². The Morgan fingerprint density at radius 3 is 2.71 bits per heavy atom. The Hall–Kier alpha value is -0.770. The van der Waals surface area contributed by atoms with E-state index in [4.69, 9.17) is 33.7 Å². The lowest BCUT2D eigenvalue weighted by Gasteiger charge is -2.08. The van der Waals surface area contributed by atoms with Crippen molar-refractivity contribution in [2.24, 2.45) is 5.73 Å². The van der Waals surface area contributed by atoms with Crippen LogP contribution in [0.25, 0.3) is 0 Å². The third kappa shape index (κ3) is 2.87. The van der Waals surface area contributed by atoms with Crippen LogP contribution in [0.4, 0.5) is 0 Å². The lowest BCUT2D eigenvalue weighted by atomic mass is 10.3. The van der Waals surface area contributed by atoms with Crippen LogP contribution in [0.2, 0.25) is 10.0 Å². The van der Waals surface area contributed by atoms with Gasteiger partial charge in [0.15, 0.2) is 5.75 Å². The minimum absolute atomic E-state index is 0.224. The van der Waals surface area contributed by atoms with E-state index in [1.165, 1.54) is 13.0 Å². The van der Waals surface area contributed by atoms with Gasteiger partial charge >= 0.3 is 5.97 Å². The molecule has 0 aliphatic rings. The molecule has 1 rings (SSSR count). The highest BCUT2D eigenvalue weighted by atomic mass is 35.5. The van der Waals surface area contributed by atoms with Crippen molar-refractivity contribution >= 4 is 29.2 Å². The average molecular weight is 234 g/mol. The number of carbonyl (C=O) groups is 1. The molecule has 0 saturated carbocycles. The second-order valence-corrected chi connectivity index (χ2v) is 3.63. The summed E-state index contributed by atoms with van der Waals surface area (Å²) in [7, 11) is 0. The van der Waals surface area contributed by atoms with Gasteiger partial charge in [-0.05, 0) is 19.1 Å². The van der Waals surface area contributed by atoms with Crippen molar-refractivity contribution in [3.05, 3.63) is 28.2 Å². The molecular weight excluding hydrogens is 225 g/mol. The normalized spacial score (nSPS) is 12.3. The maximum Gasteiger partial charge on any atom is 0.328 e. The van der Waals surface area contributed by atoms with Crippen molar-refractivity contribution in [3.8, 4) is 5.75 Å². The van der Waals surface area contributed by atoms with Gasteiger partial charge in [0.05, 0.1) is 5.02 Å². The van der Waals surface area contributed by atoms with E-state index in [0.717, 1.165) is 0 Å². The van der Waals surface area contributed by atoms with Gasteiger partial charge in [-0.15, -0.1) is 0 Å². The Morgan fingerprint density at radius 1 is 1.50 bits per heavy atom. The first kappa shape index (κ1) is 11.3. The summed E-state index contributed by atoms with van der Waals surface area (Å²) in [6.07, 6.45) is 0. The van der Waals surface area contributed by atoms with Crippen molar-refractivity contribution in [2.75, 3.05) is 0 Å². The molecule has 14 heavy (non-hydrogen) atoms. The number of rotatable bonds is 2. The average Bonchev–Trinajstić information content (AvgIpc) is 2.11. The summed E-state index contributed by atoms with van der Waals surface area (Å²) >= 11 is 11.5. The molecule has 0 aliphatic carbocycles. The van der Waals surface area contributed by atoms with Crippen LogP contribution in [-0.2, 0) is 4.79 Å². The fourth-order valence-corrected chi connectivity index (χ4v) is 1.07. The molecule has 0 saturated heterocycles. The molecule has 0 aromatic heterocycles. The van der Waals surface area contributed by atoms with Crippen LogP contribution in [0.15, 0.2) is 18.2 Å². The first-order chi connectivity index (χ1) is 6.50. The summed E-state index contributed by atoms with van der Waals surface area (Å²) < 4.78 is 4.91. The smallest absolute Gasteiger partial charge is 0.328 e. The molecule has 0 spiro atoms. The van der Waals surface area contributed by atoms with Gasteiger partial charge in [-0.2, -0.15) is 0 Å². The predicted molar refractivity (Wildman–Crippen MR) is 55.7 cm³/mol. The molecule has 0 radical (unpaired) electrons. The zero-order valence-electron chi connectivity index (χ0n) is 7.46. The molecular formula is C9H9Cl2NO2. The zero-order valence-corrected chi connectivity index (χ0v) is 8.97. The SMILES string of the molecule is CC(N)C(=O)Oc1cc(Cl)ccc1Cl. The van der Waals surface area contributed by atoms with E-state index < -0.39 is 12.0 Å². The van der Waals surface area contributed by atoms with Crippen LogP contribution in [0.5, 0.6) is 5.75 Å². The summed E-state index contributed by atoms with van der Waals surface area (Å²) in [5.41, 5.74) is 5.32. The van der Waals surface area contributed by atoms with Gasteiger partial charge in [0.2, 0.25) is 0 Å². The molecule has 1 aromatic carbocycles. The number of ether oxygens (including phenoxy) is 1. The quantitative estimate of drug-likeness (QED) is 0.630. The molecule has 1 unspecified atom stereocenters. The molecule has 5 heteroatoms. The maximum atomic E-state index is 11.1. The Balaban J connectivity index is 2.86. The van der Waals surface area contributed by atoms with E-state index in [9.17, 15) is 4.79 Å². The number of benzene rings is 1. The summed E-state index contributed by atoms with van der Waals surface area (Å²) in [4.78, 5) is 11.1. The fraction of sp³-hybridized carbons (Fsp3) is 0.222. The molecule has 0 aliphatic heterocycles. The first-order valence-corrected chi connectivity index (χ1v) is 4.68. The van der Waals surface area contributed by atoms with Crippen LogP contribution in [0.3, 0.4) is 0 Å². The number of esters is 1. The molecule has 0 amide bonds. The maximum absolute atomic E-state index is 11.1.